The molecule has 1 aliphatic heterocycles. The molecule has 1 aliphatic rings. The molecule has 41 heavy (non-hydrogen) atoms. The number of aromatic nitrogens is 1. The number of carboxylic acid groups (broad SMARTS) is 3. The first-order chi connectivity index (χ1) is 19.3. The highest BCUT2D eigenvalue weighted by atomic mass is 32.1. The number of halogens is 1. The Kier molecular flexibility index (Phi) is 13.1. The van der Waals surface area contributed by atoms with Crippen LogP contribution in [0.2, 0.25) is 0 Å². The van der Waals surface area contributed by atoms with Crippen LogP contribution in [0.5, 0.6) is 0 Å². The number of hydrogen-bond acceptors (Lipinski definition) is 10. The molecule has 226 valence electrons. The van der Waals surface area contributed by atoms with Gasteiger partial charge < -0.3 is 36.0 Å². The van der Waals surface area contributed by atoms with Gasteiger partial charge in [-0.25, -0.2) is 14.2 Å². The largest absolute Gasteiger partial charge is 0.481 e. The number of thiazole rings is 1. The van der Waals surface area contributed by atoms with Gasteiger partial charge in [0, 0.05) is 44.1 Å². The maximum Gasteiger partial charge on any atom is 0.336 e. The number of amides is 1. The smallest absolute Gasteiger partial charge is 0.336 e. The van der Waals surface area contributed by atoms with E-state index in [0.717, 1.165) is 39.1 Å². The highest BCUT2D eigenvalue weighted by Gasteiger charge is 2.40. The van der Waals surface area contributed by atoms with Gasteiger partial charge in [-0.1, -0.05) is 19.1 Å². The molecule has 2 heterocycles. The molecule has 3 rings (SSSR count). The van der Waals surface area contributed by atoms with Gasteiger partial charge in [0.25, 0.3) is 0 Å². The fourth-order valence-corrected chi connectivity index (χ4v) is 4.62. The molecule has 1 aromatic carbocycles. The Morgan fingerprint density at radius 1 is 1.07 bits per heavy atom. The van der Waals surface area contributed by atoms with Gasteiger partial charge in [0.05, 0.1) is 30.6 Å². The molecule has 2 aromatic rings. The number of carbonyl (C=O) groups excluding carboxylic acids is 1. The second-order valence-corrected chi connectivity index (χ2v) is 10.5. The molecule has 1 unspecified atom stereocenters. The van der Waals surface area contributed by atoms with Crippen molar-refractivity contribution in [2.75, 3.05) is 45.1 Å². The van der Waals surface area contributed by atoms with Crippen molar-refractivity contribution in [1.29, 1.82) is 0 Å². The van der Waals surface area contributed by atoms with Gasteiger partial charge in [-0.2, -0.15) is 0 Å². The van der Waals surface area contributed by atoms with Crippen LogP contribution < -0.4 is 10.6 Å². The van der Waals surface area contributed by atoms with Gasteiger partial charge in [0.2, 0.25) is 5.91 Å². The maximum atomic E-state index is 13.7. The lowest BCUT2D eigenvalue weighted by molar-refractivity contribution is -0.170. The Labute approximate surface area is 240 Å². The number of anilines is 2. The SMILES string of the molecule is CCC(CN1CCN(C)CC1)NC(=O)Cc1csc(Nc2ccccc2F)n1.O=C(O)CC(O)(CC(=O)O)C(=O)O. The van der Waals surface area contributed by atoms with E-state index in [2.05, 4.69) is 39.4 Å². The van der Waals surface area contributed by atoms with Crippen molar-refractivity contribution in [2.24, 2.45) is 0 Å². The number of carbonyl (C=O) groups is 4. The third-order valence-electron chi connectivity index (χ3n) is 6.23. The second-order valence-electron chi connectivity index (χ2n) is 9.68. The minimum Gasteiger partial charge on any atom is -0.481 e. The molecular formula is C26H36FN5O8S. The summed E-state index contributed by atoms with van der Waals surface area (Å²) in [5.41, 5.74) is -1.67. The lowest BCUT2D eigenvalue weighted by Gasteiger charge is -2.34. The number of aliphatic hydroxyl groups is 1. The third kappa shape index (κ3) is 11.8. The minimum atomic E-state index is -2.74. The number of carboxylic acids is 3. The number of likely N-dealkylation sites (N-methyl/N-ethyl adjacent to an activating group) is 1. The Bertz CT molecular complexity index is 1170. The molecular weight excluding hydrogens is 561 g/mol. The number of para-hydroxylation sites is 1. The van der Waals surface area contributed by atoms with E-state index in [9.17, 15) is 23.6 Å². The van der Waals surface area contributed by atoms with E-state index < -0.39 is 36.4 Å². The van der Waals surface area contributed by atoms with E-state index >= 15 is 0 Å². The zero-order valence-corrected chi connectivity index (χ0v) is 23.7. The number of aliphatic carboxylic acids is 3. The Morgan fingerprint density at radius 2 is 1.68 bits per heavy atom. The van der Waals surface area contributed by atoms with Crippen LogP contribution in [0, 0.1) is 5.82 Å². The van der Waals surface area contributed by atoms with Crippen LogP contribution >= 0.6 is 11.3 Å². The second kappa shape index (κ2) is 16.0. The first-order valence-electron chi connectivity index (χ1n) is 12.9. The number of piperazine rings is 1. The molecule has 0 bridgehead atoms. The fourth-order valence-electron chi connectivity index (χ4n) is 3.90. The summed E-state index contributed by atoms with van der Waals surface area (Å²) in [5.74, 6) is -5.37. The number of hydrogen-bond donors (Lipinski definition) is 6. The van der Waals surface area contributed by atoms with Gasteiger partial charge in [-0.15, -0.1) is 11.3 Å². The van der Waals surface area contributed by atoms with Crippen molar-refractivity contribution < 1.29 is 44.0 Å². The summed E-state index contributed by atoms with van der Waals surface area (Å²) in [7, 11) is 2.14. The molecule has 1 saturated heterocycles. The van der Waals surface area contributed by atoms with Crippen LogP contribution in [0.3, 0.4) is 0 Å². The summed E-state index contributed by atoms with van der Waals surface area (Å²) in [6.07, 6.45) is -1.16. The average molecular weight is 598 g/mol. The summed E-state index contributed by atoms with van der Waals surface area (Å²) in [4.78, 5) is 52.1. The monoisotopic (exact) mass is 597 g/mol. The number of nitrogens with zero attached hydrogens (tertiary/aromatic N) is 3. The van der Waals surface area contributed by atoms with Gasteiger partial charge in [-0.05, 0) is 25.6 Å². The van der Waals surface area contributed by atoms with E-state index in [1.165, 1.54) is 17.4 Å². The van der Waals surface area contributed by atoms with Gasteiger partial charge in [0.15, 0.2) is 10.7 Å². The zero-order valence-electron chi connectivity index (χ0n) is 22.9. The minimum absolute atomic E-state index is 0.0243. The van der Waals surface area contributed by atoms with Crippen molar-refractivity contribution in [1.82, 2.24) is 20.1 Å². The summed E-state index contributed by atoms with van der Waals surface area (Å²) in [6, 6.07) is 6.61. The Balaban J connectivity index is 0.000000383. The van der Waals surface area contributed by atoms with Crippen LogP contribution in [0.25, 0.3) is 0 Å². The molecule has 1 fully saturated rings. The molecule has 15 heteroatoms. The lowest BCUT2D eigenvalue weighted by atomic mass is 9.96. The van der Waals surface area contributed by atoms with Crippen LogP contribution in [0.4, 0.5) is 15.2 Å². The lowest BCUT2D eigenvalue weighted by Crippen LogP contribution is -2.50. The molecule has 0 spiro atoms. The topological polar surface area (TPSA) is 193 Å². The van der Waals surface area contributed by atoms with Crippen LogP contribution in [0.15, 0.2) is 29.6 Å². The fraction of sp³-hybridized carbons (Fsp3) is 0.500. The van der Waals surface area contributed by atoms with Crippen molar-refractivity contribution in [3.63, 3.8) is 0 Å². The molecule has 6 N–H and O–H groups in total. The quantitative estimate of drug-likeness (QED) is 0.195. The van der Waals surface area contributed by atoms with E-state index in [1.807, 2.05) is 5.38 Å². The number of nitrogens with one attached hydrogen (secondary N) is 2. The Morgan fingerprint density at radius 3 is 2.22 bits per heavy atom. The van der Waals surface area contributed by atoms with Crippen LogP contribution in [0.1, 0.15) is 31.9 Å². The molecule has 1 amide bonds. The molecule has 13 nitrogen and oxygen atoms in total. The van der Waals surface area contributed by atoms with E-state index in [-0.39, 0.29) is 24.2 Å². The van der Waals surface area contributed by atoms with E-state index in [1.54, 1.807) is 18.2 Å². The first kappa shape index (κ1) is 33.5. The van der Waals surface area contributed by atoms with Crippen molar-refractivity contribution in [2.45, 2.75) is 44.2 Å². The van der Waals surface area contributed by atoms with Crippen molar-refractivity contribution >= 4 is 46.0 Å². The predicted molar refractivity (Wildman–Crippen MR) is 149 cm³/mol. The molecule has 0 saturated carbocycles. The summed E-state index contributed by atoms with van der Waals surface area (Å²) in [6.45, 7) is 7.20. The van der Waals surface area contributed by atoms with Crippen molar-refractivity contribution in [3.05, 3.63) is 41.2 Å². The van der Waals surface area contributed by atoms with Gasteiger partial charge >= 0.3 is 17.9 Å². The Hall–Kier alpha value is -3.66. The van der Waals surface area contributed by atoms with Gasteiger partial charge in [0.1, 0.15) is 5.82 Å². The summed E-state index contributed by atoms with van der Waals surface area (Å²) < 4.78 is 13.7. The van der Waals surface area contributed by atoms with E-state index in [4.69, 9.17) is 20.4 Å². The molecule has 0 radical (unpaired) electrons. The highest BCUT2D eigenvalue weighted by Crippen LogP contribution is 2.23. The van der Waals surface area contributed by atoms with Crippen LogP contribution in [-0.4, -0.2) is 110 Å². The third-order valence-corrected chi connectivity index (χ3v) is 7.03. The average Bonchev–Trinajstić information content (AvgIpc) is 3.32. The molecule has 0 aliphatic carbocycles. The first-order valence-corrected chi connectivity index (χ1v) is 13.7. The maximum absolute atomic E-state index is 13.7. The highest BCUT2D eigenvalue weighted by molar-refractivity contribution is 7.13. The zero-order chi connectivity index (χ0) is 30.6. The predicted octanol–water partition coefficient (Wildman–Crippen LogP) is 1.46. The molecule has 1 atom stereocenters. The van der Waals surface area contributed by atoms with Crippen molar-refractivity contribution in [3.8, 4) is 0 Å². The normalized spacial score (nSPS) is 14.8. The standard InChI is InChI=1S/C20H28FN5OS.C6H8O7/c1-3-15(13-26-10-8-25(2)9-11-26)22-19(27)12-16-14-28-20(23-16)24-18-7-5-4-6-17(18)21;7-3(8)1-6(13,5(11)12)2-4(9)10/h4-7,14-15H,3,8-13H2,1-2H3,(H,22,27)(H,23,24);13H,1-2H2,(H,7,8)(H,9,10)(H,11,12). The van der Waals surface area contributed by atoms with Gasteiger partial charge in [-0.3, -0.25) is 19.3 Å². The summed E-state index contributed by atoms with van der Waals surface area (Å²) in [5, 5.41) is 42.3. The summed E-state index contributed by atoms with van der Waals surface area (Å²) >= 11 is 1.37. The van der Waals surface area contributed by atoms with E-state index in [0.29, 0.717) is 16.5 Å². The molecule has 1 aromatic heterocycles. The number of benzene rings is 1. The van der Waals surface area contributed by atoms with Crippen LogP contribution in [-0.2, 0) is 25.6 Å². The number of rotatable bonds is 13.